The van der Waals surface area contributed by atoms with E-state index in [1.54, 1.807) is 4.31 Å². The van der Waals surface area contributed by atoms with Crippen LogP contribution in [0.3, 0.4) is 0 Å². The van der Waals surface area contributed by atoms with Gasteiger partial charge in [-0.1, -0.05) is 6.92 Å². The van der Waals surface area contributed by atoms with Crippen molar-refractivity contribution in [2.24, 2.45) is 5.92 Å². The lowest BCUT2D eigenvalue weighted by Crippen LogP contribution is -2.39. The van der Waals surface area contributed by atoms with Crippen molar-refractivity contribution < 1.29 is 8.42 Å². The highest BCUT2D eigenvalue weighted by Gasteiger charge is 2.28. The quantitative estimate of drug-likeness (QED) is 0.870. The molecular formula is C13H23N3O2S2. The van der Waals surface area contributed by atoms with Crippen LogP contribution in [-0.4, -0.2) is 43.9 Å². The molecule has 0 spiro atoms. The van der Waals surface area contributed by atoms with Crippen LogP contribution in [0.25, 0.3) is 0 Å². The van der Waals surface area contributed by atoms with Gasteiger partial charge in [-0.05, 0) is 45.2 Å². The van der Waals surface area contributed by atoms with Gasteiger partial charge in [0.15, 0.2) is 4.21 Å². The number of thiazole rings is 1. The molecule has 114 valence electrons. The van der Waals surface area contributed by atoms with Gasteiger partial charge < -0.3 is 5.32 Å². The molecule has 0 aromatic carbocycles. The fraction of sp³-hybridized carbons (Fsp3) is 0.769. The van der Waals surface area contributed by atoms with Gasteiger partial charge in [0, 0.05) is 13.1 Å². The number of aryl methyl sites for hydroxylation is 1. The molecule has 1 aliphatic rings. The van der Waals surface area contributed by atoms with Crippen molar-refractivity contribution in [1.29, 1.82) is 0 Å². The van der Waals surface area contributed by atoms with Gasteiger partial charge in [0.05, 0.1) is 11.2 Å². The molecule has 0 aliphatic carbocycles. The van der Waals surface area contributed by atoms with Gasteiger partial charge in [-0.2, -0.15) is 4.31 Å². The molecule has 1 aromatic rings. The Bertz CT molecular complexity index is 521. The van der Waals surface area contributed by atoms with E-state index < -0.39 is 10.0 Å². The fourth-order valence-corrected chi connectivity index (χ4v) is 5.37. The maximum Gasteiger partial charge on any atom is 0.254 e. The average Bonchev–Trinajstić information content (AvgIpc) is 2.87. The van der Waals surface area contributed by atoms with E-state index in [4.69, 9.17) is 0 Å². The summed E-state index contributed by atoms with van der Waals surface area (Å²) in [6.07, 6.45) is 4.43. The van der Waals surface area contributed by atoms with E-state index in [-0.39, 0.29) is 0 Å². The first-order valence-electron chi connectivity index (χ1n) is 7.17. The lowest BCUT2D eigenvalue weighted by molar-refractivity contribution is 0.288. The predicted octanol–water partition coefficient (Wildman–Crippen LogP) is 1.85. The maximum absolute atomic E-state index is 12.7. The highest BCUT2D eigenvalue weighted by Crippen LogP contribution is 2.24. The Hall–Kier alpha value is -0.500. The smallest absolute Gasteiger partial charge is 0.254 e. The fourth-order valence-electron chi connectivity index (χ4n) is 2.50. The number of nitrogens with zero attached hydrogens (tertiary/aromatic N) is 2. The van der Waals surface area contributed by atoms with Crippen LogP contribution < -0.4 is 5.32 Å². The molecule has 0 radical (unpaired) electrons. The van der Waals surface area contributed by atoms with E-state index in [0.717, 1.165) is 37.4 Å². The molecule has 0 atom stereocenters. The van der Waals surface area contributed by atoms with Gasteiger partial charge in [-0.15, -0.1) is 11.3 Å². The lowest BCUT2D eigenvalue weighted by atomic mass is 9.98. The van der Waals surface area contributed by atoms with Crippen molar-refractivity contribution >= 4 is 21.4 Å². The molecule has 1 aliphatic heterocycles. The largest absolute Gasteiger partial charge is 0.317 e. The minimum absolute atomic E-state index is 0.373. The van der Waals surface area contributed by atoms with Crippen molar-refractivity contribution in [2.75, 3.05) is 26.2 Å². The lowest BCUT2D eigenvalue weighted by Gasteiger charge is -2.28. The second kappa shape index (κ2) is 6.98. The number of nitrogens with one attached hydrogen (secondary N) is 1. The van der Waals surface area contributed by atoms with Crippen LogP contribution in [0.4, 0.5) is 0 Å². The summed E-state index contributed by atoms with van der Waals surface area (Å²) in [5.74, 6) is 0.464. The van der Waals surface area contributed by atoms with E-state index in [0.29, 0.717) is 23.2 Å². The standard InChI is InChI=1S/C13H23N3O2S2/c1-3-8-16(10-12-4-6-14-7-5-12)20(17,18)13-9-15-11(2)19-13/h9,12,14H,3-8,10H2,1-2H3. The molecule has 1 saturated heterocycles. The summed E-state index contributed by atoms with van der Waals surface area (Å²) in [5.41, 5.74) is 0. The van der Waals surface area contributed by atoms with Gasteiger partial charge in [-0.3, -0.25) is 0 Å². The number of rotatable bonds is 6. The minimum atomic E-state index is -3.37. The summed E-state index contributed by atoms with van der Waals surface area (Å²) < 4.78 is 27.4. The molecule has 0 unspecified atom stereocenters. The molecule has 1 aromatic heterocycles. The Kier molecular flexibility index (Phi) is 5.54. The molecule has 0 bridgehead atoms. The van der Waals surface area contributed by atoms with Crippen LogP contribution in [0.15, 0.2) is 10.4 Å². The number of aromatic nitrogens is 1. The molecule has 7 heteroatoms. The third-order valence-electron chi connectivity index (χ3n) is 3.59. The van der Waals surface area contributed by atoms with E-state index >= 15 is 0 Å². The first kappa shape index (κ1) is 15.9. The summed E-state index contributed by atoms with van der Waals surface area (Å²) in [6, 6.07) is 0. The number of hydrogen-bond donors (Lipinski definition) is 1. The average molecular weight is 317 g/mol. The Morgan fingerprint density at radius 3 is 2.70 bits per heavy atom. The van der Waals surface area contributed by atoms with Gasteiger partial charge in [0.1, 0.15) is 0 Å². The monoisotopic (exact) mass is 317 g/mol. The van der Waals surface area contributed by atoms with Gasteiger partial charge in [0.2, 0.25) is 0 Å². The topological polar surface area (TPSA) is 62.3 Å². The molecule has 0 amide bonds. The Morgan fingerprint density at radius 2 is 2.15 bits per heavy atom. The Balaban J connectivity index is 2.14. The third-order valence-corrected chi connectivity index (χ3v) is 6.80. The van der Waals surface area contributed by atoms with Crippen LogP contribution in [0.2, 0.25) is 0 Å². The maximum atomic E-state index is 12.7. The van der Waals surface area contributed by atoms with Crippen molar-refractivity contribution in [2.45, 2.75) is 37.3 Å². The van der Waals surface area contributed by atoms with Crippen LogP contribution in [0, 0.1) is 12.8 Å². The molecule has 1 N–H and O–H groups in total. The van der Waals surface area contributed by atoms with Crippen molar-refractivity contribution in [3.63, 3.8) is 0 Å². The minimum Gasteiger partial charge on any atom is -0.317 e. The SMILES string of the molecule is CCCN(CC1CCNCC1)S(=O)(=O)c1cnc(C)s1. The second-order valence-electron chi connectivity index (χ2n) is 5.25. The molecule has 20 heavy (non-hydrogen) atoms. The Morgan fingerprint density at radius 1 is 1.45 bits per heavy atom. The molecule has 2 heterocycles. The van der Waals surface area contributed by atoms with Crippen molar-refractivity contribution in [3.8, 4) is 0 Å². The zero-order valence-corrected chi connectivity index (χ0v) is 13.8. The number of sulfonamides is 1. The summed E-state index contributed by atoms with van der Waals surface area (Å²) in [4.78, 5) is 4.07. The second-order valence-corrected chi connectivity index (χ2v) is 8.65. The zero-order chi connectivity index (χ0) is 14.6. The summed E-state index contributed by atoms with van der Waals surface area (Å²) >= 11 is 1.26. The van der Waals surface area contributed by atoms with Gasteiger partial charge in [0.25, 0.3) is 10.0 Å². The third kappa shape index (κ3) is 3.78. The number of piperidine rings is 1. The highest BCUT2D eigenvalue weighted by molar-refractivity contribution is 7.91. The summed E-state index contributed by atoms with van der Waals surface area (Å²) in [5, 5.41) is 4.11. The highest BCUT2D eigenvalue weighted by atomic mass is 32.2. The normalized spacial score (nSPS) is 17.8. The molecule has 2 rings (SSSR count). The van der Waals surface area contributed by atoms with E-state index in [1.165, 1.54) is 17.5 Å². The molecule has 1 fully saturated rings. The number of hydrogen-bond acceptors (Lipinski definition) is 5. The first-order chi connectivity index (χ1) is 9.54. The van der Waals surface area contributed by atoms with Crippen LogP contribution >= 0.6 is 11.3 Å². The predicted molar refractivity (Wildman–Crippen MR) is 81.5 cm³/mol. The molecular weight excluding hydrogens is 294 g/mol. The van der Waals surface area contributed by atoms with E-state index in [9.17, 15) is 8.42 Å². The van der Waals surface area contributed by atoms with E-state index in [1.807, 2.05) is 13.8 Å². The van der Waals surface area contributed by atoms with Crippen LogP contribution in [0.5, 0.6) is 0 Å². The van der Waals surface area contributed by atoms with Crippen molar-refractivity contribution in [3.05, 3.63) is 11.2 Å². The van der Waals surface area contributed by atoms with Gasteiger partial charge >= 0.3 is 0 Å². The molecule has 0 saturated carbocycles. The molecule has 5 nitrogen and oxygen atoms in total. The van der Waals surface area contributed by atoms with Crippen molar-refractivity contribution in [1.82, 2.24) is 14.6 Å². The van der Waals surface area contributed by atoms with E-state index in [2.05, 4.69) is 10.3 Å². The van der Waals surface area contributed by atoms with Crippen LogP contribution in [-0.2, 0) is 10.0 Å². The van der Waals surface area contributed by atoms with Gasteiger partial charge in [-0.25, -0.2) is 13.4 Å². The summed E-state index contributed by atoms with van der Waals surface area (Å²) in [6.45, 7) is 7.05. The Labute approximate surface area is 125 Å². The summed E-state index contributed by atoms with van der Waals surface area (Å²) in [7, 11) is -3.37. The zero-order valence-electron chi connectivity index (χ0n) is 12.1. The van der Waals surface area contributed by atoms with Crippen LogP contribution in [0.1, 0.15) is 31.2 Å². The first-order valence-corrected chi connectivity index (χ1v) is 9.43.